The van der Waals surface area contributed by atoms with Crippen LogP contribution in [0.4, 0.5) is 11.4 Å². The zero-order valence-electron chi connectivity index (χ0n) is 21.2. The van der Waals surface area contributed by atoms with Gasteiger partial charge in [0.2, 0.25) is 0 Å². The molecular formula is C25H30BClN8S. The first-order chi connectivity index (χ1) is 17.1. The highest BCUT2D eigenvalue weighted by Crippen LogP contribution is 2.40. The van der Waals surface area contributed by atoms with Gasteiger partial charge in [0.05, 0.1) is 44.1 Å². The third-order valence-corrected chi connectivity index (χ3v) is 7.94. The van der Waals surface area contributed by atoms with Crippen molar-refractivity contribution in [3.8, 4) is 6.07 Å². The number of thiazole rings is 1. The summed E-state index contributed by atoms with van der Waals surface area (Å²) in [7, 11) is 2.14. The van der Waals surface area contributed by atoms with Crippen LogP contribution in [0.3, 0.4) is 0 Å². The molecule has 1 fully saturated rings. The first-order valence-electron chi connectivity index (χ1n) is 12.1. The Hall–Kier alpha value is -3.00. The molecule has 0 radical (unpaired) electrons. The van der Waals surface area contributed by atoms with Crippen LogP contribution in [0.5, 0.6) is 0 Å². The smallest absolute Gasteiger partial charge is 0.149 e. The summed E-state index contributed by atoms with van der Waals surface area (Å²) < 4.78 is 0. The molecule has 186 valence electrons. The Balaban J connectivity index is 1.60. The number of benzene rings is 1. The predicted molar refractivity (Wildman–Crippen MR) is 149 cm³/mol. The number of nitrogens with zero attached hydrogens (tertiary/aromatic N) is 4. The number of anilines is 2. The second-order valence-corrected chi connectivity index (χ2v) is 12.1. The van der Waals surface area contributed by atoms with Gasteiger partial charge < -0.3 is 16.1 Å². The predicted octanol–water partition coefficient (Wildman–Crippen LogP) is 4.21. The van der Waals surface area contributed by atoms with Gasteiger partial charge in [0, 0.05) is 40.9 Å². The van der Waals surface area contributed by atoms with Crippen molar-refractivity contribution < 1.29 is 0 Å². The van der Waals surface area contributed by atoms with E-state index in [2.05, 4.69) is 77.5 Å². The van der Waals surface area contributed by atoms with E-state index in [1.54, 1.807) is 17.5 Å². The molecule has 0 amide bonds. The van der Waals surface area contributed by atoms with Gasteiger partial charge in [-0.3, -0.25) is 9.99 Å². The van der Waals surface area contributed by atoms with Crippen LogP contribution in [0.1, 0.15) is 49.7 Å². The summed E-state index contributed by atoms with van der Waals surface area (Å²) in [6.07, 6.45) is 6.09. The Bertz CT molecular complexity index is 1390. The molecule has 2 aliphatic rings. The number of nitriles is 1. The van der Waals surface area contributed by atoms with Crippen LogP contribution >= 0.6 is 22.9 Å². The van der Waals surface area contributed by atoms with Gasteiger partial charge in [-0.25, -0.2) is 4.98 Å². The van der Waals surface area contributed by atoms with Crippen LogP contribution in [0.2, 0.25) is 5.02 Å². The number of nitrogens with one attached hydrogen (secondary N) is 4. The molecule has 1 aromatic carbocycles. The van der Waals surface area contributed by atoms with Gasteiger partial charge in [0.25, 0.3) is 0 Å². The first kappa shape index (κ1) is 24.7. The lowest BCUT2D eigenvalue weighted by Gasteiger charge is -2.33. The maximum Gasteiger partial charge on any atom is 0.149 e. The fourth-order valence-corrected chi connectivity index (χ4v) is 5.61. The summed E-state index contributed by atoms with van der Waals surface area (Å²) in [4.78, 5) is 10.1. The summed E-state index contributed by atoms with van der Waals surface area (Å²) in [5, 5.41) is 20.5. The van der Waals surface area contributed by atoms with E-state index in [0.717, 1.165) is 33.0 Å². The number of hydrazine groups is 2. The van der Waals surface area contributed by atoms with Gasteiger partial charge in [-0.15, -0.1) is 16.9 Å². The van der Waals surface area contributed by atoms with Crippen LogP contribution in [0.25, 0.3) is 10.9 Å². The summed E-state index contributed by atoms with van der Waals surface area (Å²) in [5.41, 5.74) is 12.7. The molecule has 0 saturated heterocycles. The van der Waals surface area contributed by atoms with Gasteiger partial charge in [-0.2, -0.15) is 5.26 Å². The fraction of sp³-hybridized carbons (Fsp3) is 0.400. The highest BCUT2D eigenvalue weighted by Gasteiger charge is 2.39. The number of hydrogen-bond donors (Lipinski definition) is 4. The van der Waals surface area contributed by atoms with Crippen LogP contribution in [0, 0.1) is 23.7 Å². The fourth-order valence-electron chi connectivity index (χ4n) is 4.41. The van der Waals surface area contributed by atoms with Crippen molar-refractivity contribution in [2.24, 2.45) is 5.41 Å². The molecule has 8 nitrogen and oxygen atoms in total. The number of rotatable bonds is 7. The van der Waals surface area contributed by atoms with E-state index in [1.165, 1.54) is 12.8 Å². The number of fused-ring (bicyclic) bond motifs is 1. The molecule has 0 spiro atoms. The summed E-state index contributed by atoms with van der Waals surface area (Å²) in [6.45, 7) is 9.18. The van der Waals surface area contributed by atoms with E-state index >= 15 is 0 Å². The third kappa shape index (κ3) is 4.71. The molecule has 1 saturated carbocycles. The summed E-state index contributed by atoms with van der Waals surface area (Å²) in [6, 6.07) is 6.72. The van der Waals surface area contributed by atoms with Gasteiger partial charge >= 0.3 is 0 Å². The quantitative estimate of drug-likeness (QED) is 0.344. The molecule has 11 heteroatoms. The van der Waals surface area contributed by atoms with Crippen LogP contribution in [-0.4, -0.2) is 35.4 Å². The second kappa shape index (κ2) is 9.14. The molecule has 4 N–H and O–H groups in total. The molecule has 1 unspecified atom stereocenters. The molecule has 2 aromatic heterocycles. The summed E-state index contributed by atoms with van der Waals surface area (Å²) >= 11 is 8.38. The molecular weight excluding hydrogens is 491 g/mol. The Kier molecular flexibility index (Phi) is 6.27. The first-order valence-corrected chi connectivity index (χ1v) is 13.3. The van der Waals surface area contributed by atoms with Crippen molar-refractivity contribution in [3.63, 3.8) is 0 Å². The van der Waals surface area contributed by atoms with Crippen molar-refractivity contribution >= 4 is 53.1 Å². The minimum Gasteiger partial charge on any atom is -0.383 e. The lowest BCUT2D eigenvalue weighted by molar-refractivity contribution is 0.260. The Morgan fingerprint density at radius 1 is 1.31 bits per heavy atom. The topological polar surface area (TPSA) is 101 Å². The molecule has 1 aliphatic heterocycles. The lowest BCUT2D eigenvalue weighted by Crippen LogP contribution is -2.45. The van der Waals surface area contributed by atoms with Gasteiger partial charge in [0.1, 0.15) is 13.9 Å². The second-order valence-electron chi connectivity index (χ2n) is 10.9. The zero-order valence-corrected chi connectivity index (χ0v) is 22.7. The number of aryl methyl sites for hydroxylation is 1. The van der Waals surface area contributed by atoms with Crippen LogP contribution < -0.4 is 21.6 Å². The third-order valence-electron chi connectivity index (χ3n) is 6.50. The SMILES string of the molecule is BC(Nc1cc(Cl)c2ncc(C#N)c(NCC(C)(C)C)c2c1)(C1=CN(C2CC2)NN1)c1scnc1C. The minimum atomic E-state index is -0.599. The van der Waals surface area contributed by atoms with E-state index in [9.17, 15) is 5.26 Å². The molecule has 1 atom stereocenters. The van der Waals surface area contributed by atoms with E-state index in [4.69, 9.17) is 11.6 Å². The monoisotopic (exact) mass is 520 g/mol. The van der Waals surface area contributed by atoms with Gasteiger partial charge in [-0.05, 0) is 37.3 Å². The zero-order chi connectivity index (χ0) is 25.7. The van der Waals surface area contributed by atoms with E-state index in [1.807, 2.05) is 24.6 Å². The Morgan fingerprint density at radius 2 is 2.08 bits per heavy atom. The number of pyridine rings is 1. The molecule has 5 rings (SSSR count). The maximum atomic E-state index is 9.79. The van der Waals surface area contributed by atoms with Crippen molar-refractivity contribution in [1.82, 2.24) is 25.9 Å². The lowest BCUT2D eigenvalue weighted by atomic mass is 9.73. The number of halogens is 1. The number of hydrogen-bond acceptors (Lipinski definition) is 9. The highest BCUT2D eigenvalue weighted by molar-refractivity contribution is 7.10. The van der Waals surface area contributed by atoms with Crippen molar-refractivity contribution in [2.75, 3.05) is 17.2 Å². The van der Waals surface area contributed by atoms with Crippen molar-refractivity contribution in [2.45, 2.75) is 52.0 Å². The highest BCUT2D eigenvalue weighted by atomic mass is 35.5. The largest absolute Gasteiger partial charge is 0.383 e. The van der Waals surface area contributed by atoms with E-state index in [-0.39, 0.29) is 5.41 Å². The average Bonchev–Trinajstić information content (AvgIpc) is 3.37. The maximum absolute atomic E-state index is 9.79. The minimum absolute atomic E-state index is 0.0330. The van der Waals surface area contributed by atoms with Crippen LogP contribution in [0.15, 0.2) is 35.7 Å². The Labute approximate surface area is 221 Å². The van der Waals surface area contributed by atoms with Crippen LogP contribution in [-0.2, 0) is 5.44 Å². The van der Waals surface area contributed by atoms with Gasteiger partial charge in [-0.1, -0.05) is 32.4 Å². The van der Waals surface area contributed by atoms with Gasteiger partial charge in [0.15, 0.2) is 0 Å². The Morgan fingerprint density at radius 3 is 2.72 bits per heavy atom. The number of aromatic nitrogens is 2. The van der Waals surface area contributed by atoms with Crippen molar-refractivity contribution in [3.05, 3.63) is 56.9 Å². The average molecular weight is 521 g/mol. The molecule has 1 aliphatic carbocycles. The molecule has 0 bridgehead atoms. The standard InChI is InChI=1S/C25H30BClN8S/c1-14-23(36-13-31-14)25(26,20-11-35(34-33-20)17-5-6-17)32-16-7-18-21(30-12-24(2,3)4)15(9-28)10-29-22(18)19(27)8-16/h7-8,10-11,13,17,32-34H,5-6,12,26H2,1-4H3,(H,29,30). The van der Waals surface area contributed by atoms with E-state index < -0.39 is 5.44 Å². The molecule has 3 aromatic rings. The van der Waals surface area contributed by atoms with E-state index in [0.29, 0.717) is 28.7 Å². The summed E-state index contributed by atoms with van der Waals surface area (Å²) in [5.74, 6) is 0. The normalized spacial score (nSPS) is 17.3. The molecule has 3 heterocycles. The van der Waals surface area contributed by atoms with Crippen molar-refractivity contribution in [1.29, 1.82) is 5.26 Å². The molecule has 36 heavy (non-hydrogen) atoms.